The quantitative estimate of drug-likeness (QED) is 0.704. The third-order valence-corrected chi connectivity index (χ3v) is 7.55. The van der Waals surface area contributed by atoms with E-state index < -0.39 is 0 Å². The van der Waals surface area contributed by atoms with E-state index in [1.54, 1.807) is 11.1 Å². The Morgan fingerprint density at radius 1 is 0.875 bits per heavy atom. The molecule has 3 aliphatic rings. The molecule has 0 spiro atoms. The van der Waals surface area contributed by atoms with E-state index in [2.05, 4.69) is 25.1 Å². The summed E-state index contributed by atoms with van der Waals surface area (Å²) in [5, 5.41) is 0. The lowest BCUT2D eigenvalue weighted by Crippen LogP contribution is -2.36. The number of fused-ring (bicyclic) bond motifs is 2. The molecule has 1 aromatic rings. The Bertz CT molecular complexity index is 563. The van der Waals surface area contributed by atoms with Gasteiger partial charge in [0, 0.05) is 7.11 Å². The average molecular weight is 327 g/mol. The highest BCUT2D eigenvalue weighted by molar-refractivity contribution is 5.34. The summed E-state index contributed by atoms with van der Waals surface area (Å²) >= 11 is 0. The largest absolute Gasteiger partial charge is 0.381 e. The Hall–Kier alpha value is -0.820. The zero-order valence-electron chi connectivity index (χ0n) is 15.6. The van der Waals surface area contributed by atoms with E-state index in [-0.39, 0.29) is 0 Å². The molecule has 1 nitrogen and oxygen atoms in total. The molecule has 3 aliphatic carbocycles. The second-order valence-electron chi connectivity index (χ2n) is 8.72. The molecule has 24 heavy (non-hydrogen) atoms. The SMILES string of the molecule is CCc1ccc2c(c1)CCC(C1CCC3CC(OC)CCC3C1)C2. The topological polar surface area (TPSA) is 9.23 Å². The summed E-state index contributed by atoms with van der Waals surface area (Å²) in [6.07, 6.45) is 14.3. The van der Waals surface area contributed by atoms with Gasteiger partial charge in [0.05, 0.1) is 6.10 Å². The molecule has 0 N–H and O–H groups in total. The molecule has 5 unspecified atom stereocenters. The average Bonchev–Trinajstić information content (AvgIpc) is 2.66. The summed E-state index contributed by atoms with van der Waals surface area (Å²) in [6, 6.07) is 7.29. The van der Waals surface area contributed by atoms with Gasteiger partial charge in [0.2, 0.25) is 0 Å². The van der Waals surface area contributed by atoms with Gasteiger partial charge in [0.25, 0.3) is 0 Å². The van der Waals surface area contributed by atoms with Crippen LogP contribution in [-0.4, -0.2) is 13.2 Å². The van der Waals surface area contributed by atoms with Crippen molar-refractivity contribution in [2.75, 3.05) is 7.11 Å². The maximum Gasteiger partial charge on any atom is 0.0574 e. The van der Waals surface area contributed by atoms with Crippen molar-refractivity contribution in [2.24, 2.45) is 23.7 Å². The molecule has 5 atom stereocenters. The van der Waals surface area contributed by atoms with Gasteiger partial charge in [-0.05, 0) is 105 Å². The Balaban J connectivity index is 1.39. The number of rotatable bonds is 3. The molecule has 0 aromatic heterocycles. The molecular weight excluding hydrogens is 292 g/mol. The molecule has 1 aromatic carbocycles. The third kappa shape index (κ3) is 3.29. The number of methoxy groups -OCH3 is 1. The van der Waals surface area contributed by atoms with Crippen molar-refractivity contribution < 1.29 is 4.74 Å². The molecule has 0 radical (unpaired) electrons. The van der Waals surface area contributed by atoms with Crippen LogP contribution in [0.25, 0.3) is 0 Å². The molecule has 0 saturated heterocycles. The summed E-state index contributed by atoms with van der Waals surface area (Å²) in [4.78, 5) is 0. The monoisotopic (exact) mass is 326 g/mol. The predicted octanol–water partition coefficient (Wildman–Crippen LogP) is 5.59. The van der Waals surface area contributed by atoms with Gasteiger partial charge < -0.3 is 4.74 Å². The van der Waals surface area contributed by atoms with Crippen LogP contribution in [0.1, 0.15) is 68.6 Å². The minimum atomic E-state index is 0.553. The van der Waals surface area contributed by atoms with Crippen LogP contribution >= 0.6 is 0 Å². The second kappa shape index (κ2) is 7.20. The zero-order chi connectivity index (χ0) is 16.5. The van der Waals surface area contributed by atoms with Gasteiger partial charge in [-0.15, -0.1) is 0 Å². The van der Waals surface area contributed by atoms with Crippen LogP contribution in [0.15, 0.2) is 18.2 Å². The fourth-order valence-electron chi connectivity index (χ4n) is 5.98. The molecular formula is C23H34O. The van der Waals surface area contributed by atoms with Crippen LogP contribution < -0.4 is 0 Å². The van der Waals surface area contributed by atoms with Crippen molar-refractivity contribution >= 4 is 0 Å². The zero-order valence-corrected chi connectivity index (χ0v) is 15.6. The van der Waals surface area contributed by atoms with Gasteiger partial charge in [0.15, 0.2) is 0 Å². The van der Waals surface area contributed by atoms with Gasteiger partial charge in [-0.1, -0.05) is 25.1 Å². The molecule has 1 heteroatoms. The van der Waals surface area contributed by atoms with Crippen molar-refractivity contribution in [3.05, 3.63) is 34.9 Å². The Labute approximate surface area is 148 Å². The predicted molar refractivity (Wildman–Crippen MR) is 100 cm³/mol. The second-order valence-corrected chi connectivity index (χ2v) is 8.72. The van der Waals surface area contributed by atoms with Crippen LogP contribution in [-0.2, 0) is 24.0 Å². The molecule has 132 valence electrons. The molecule has 0 bridgehead atoms. The van der Waals surface area contributed by atoms with Crippen molar-refractivity contribution in [1.82, 2.24) is 0 Å². The van der Waals surface area contributed by atoms with Gasteiger partial charge in [-0.3, -0.25) is 0 Å². The van der Waals surface area contributed by atoms with Crippen LogP contribution in [0.2, 0.25) is 0 Å². The first kappa shape index (κ1) is 16.6. The first-order chi connectivity index (χ1) is 11.8. The highest BCUT2D eigenvalue weighted by Crippen LogP contribution is 2.47. The number of hydrogen-bond acceptors (Lipinski definition) is 1. The molecule has 0 amide bonds. The third-order valence-electron chi connectivity index (χ3n) is 7.55. The van der Waals surface area contributed by atoms with Gasteiger partial charge in [-0.2, -0.15) is 0 Å². The standard InChI is InChI=1S/C23H34O/c1-3-16-4-5-18-13-19(7-6-17(18)12-16)20-8-9-22-15-23(24-2)11-10-21(22)14-20/h4-5,12,19-23H,3,6-11,13-15H2,1-2H3. The summed E-state index contributed by atoms with van der Waals surface area (Å²) in [7, 11) is 1.90. The van der Waals surface area contributed by atoms with Crippen molar-refractivity contribution in [3.8, 4) is 0 Å². The number of aryl methyl sites for hydroxylation is 2. The Kier molecular flexibility index (Phi) is 4.99. The first-order valence-electron chi connectivity index (χ1n) is 10.4. The fraction of sp³-hybridized carbons (Fsp3) is 0.739. The van der Waals surface area contributed by atoms with E-state index in [1.807, 2.05) is 7.11 Å². The summed E-state index contributed by atoms with van der Waals surface area (Å²) in [5.41, 5.74) is 4.83. The molecule has 2 fully saturated rings. The van der Waals surface area contributed by atoms with E-state index in [4.69, 9.17) is 4.74 Å². The lowest BCUT2D eigenvalue weighted by atomic mass is 9.62. The smallest absolute Gasteiger partial charge is 0.0574 e. The lowest BCUT2D eigenvalue weighted by Gasteiger charge is -2.44. The summed E-state index contributed by atoms with van der Waals surface area (Å²) in [5.74, 6) is 3.90. The molecule has 2 saturated carbocycles. The number of benzene rings is 1. The normalized spacial score (nSPS) is 36.0. The number of ether oxygens (including phenoxy) is 1. The lowest BCUT2D eigenvalue weighted by molar-refractivity contribution is -0.000899. The minimum Gasteiger partial charge on any atom is -0.381 e. The van der Waals surface area contributed by atoms with Crippen LogP contribution in [0, 0.1) is 23.7 Å². The minimum absolute atomic E-state index is 0.553. The Morgan fingerprint density at radius 2 is 1.62 bits per heavy atom. The van der Waals surface area contributed by atoms with Crippen molar-refractivity contribution in [3.63, 3.8) is 0 Å². The molecule has 0 heterocycles. The van der Waals surface area contributed by atoms with Crippen LogP contribution in [0.4, 0.5) is 0 Å². The van der Waals surface area contributed by atoms with Gasteiger partial charge in [0.1, 0.15) is 0 Å². The van der Waals surface area contributed by atoms with E-state index >= 15 is 0 Å². The van der Waals surface area contributed by atoms with E-state index in [0.29, 0.717) is 6.10 Å². The highest BCUT2D eigenvalue weighted by Gasteiger charge is 2.38. The van der Waals surface area contributed by atoms with Crippen LogP contribution in [0.3, 0.4) is 0 Å². The summed E-state index contributed by atoms with van der Waals surface area (Å²) in [6.45, 7) is 2.27. The molecule has 0 aliphatic heterocycles. The van der Waals surface area contributed by atoms with Crippen molar-refractivity contribution in [1.29, 1.82) is 0 Å². The van der Waals surface area contributed by atoms with Crippen molar-refractivity contribution in [2.45, 2.75) is 77.2 Å². The fourth-order valence-corrected chi connectivity index (χ4v) is 5.98. The Morgan fingerprint density at radius 3 is 2.42 bits per heavy atom. The first-order valence-corrected chi connectivity index (χ1v) is 10.4. The van der Waals surface area contributed by atoms with Gasteiger partial charge in [-0.25, -0.2) is 0 Å². The maximum absolute atomic E-state index is 5.64. The van der Waals surface area contributed by atoms with Gasteiger partial charge >= 0.3 is 0 Å². The van der Waals surface area contributed by atoms with E-state index in [0.717, 1.165) is 23.7 Å². The number of hydrogen-bond donors (Lipinski definition) is 0. The molecule has 4 rings (SSSR count). The van der Waals surface area contributed by atoms with E-state index in [9.17, 15) is 0 Å². The maximum atomic E-state index is 5.64. The summed E-state index contributed by atoms with van der Waals surface area (Å²) < 4.78 is 5.64. The van der Waals surface area contributed by atoms with Crippen LogP contribution in [0.5, 0.6) is 0 Å². The highest BCUT2D eigenvalue weighted by atomic mass is 16.5. The van der Waals surface area contributed by atoms with E-state index in [1.165, 1.54) is 69.8 Å².